The number of allylic oxidation sites excluding steroid dienone is 7. The van der Waals surface area contributed by atoms with Gasteiger partial charge in [0.05, 0.1) is 4.91 Å². The topological polar surface area (TPSA) is 17.1 Å². The molecule has 0 aromatic heterocycles. The molecule has 0 bridgehead atoms. The van der Waals surface area contributed by atoms with Crippen LogP contribution in [0.15, 0.2) is 82.2 Å². The SMILES string of the molecule is CC=CC=C(C)CCC1CCC(=O)C(=Cc2cc(Cl)c(C)c(Cl)c2)SC1=CCc1ccccc1. The maximum atomic E-state index is 13.1. The summed E-state index contributed by atoms with van der Waals surface area (Å²) in [7, 11) is 0. The lowest BCUT2D eigenvalue weighted by molar-refractivity contribution is -0.115. The van der Waals surface area contributed by atoms with Gasteiger partial charge in [-0.05, 0) is 92.2 Å². The number of halogens is 2. The number of rotatable bonds is 7. The van der Waals surface area contributed by atoms with Crippen molar-refractivity contribution in [3.05, 3.63) is 109 Å². The minimum Gasteiger partial charge on any atom is -0.294 e. The molecule has 1 atom stereocenters. The van der Waals surface area contributed by atoms with E-state index in [0.717, 1.165) is 41.7 Å². The van der Waals surface area contributed by atoms with Gasteiger partial charge >= 0.3 is 0 Å². The summed E-state index contributed by atoms with van der Waals surface area (Å²) in [6.07, 6.45) is 14.9. The predicted molar refractivity (Wildman–Crippen MR) is 151 cm³/mol. The number of Topliss-reactive ketones (excluding diaryl/α,β-unsaturated/α-hetero) is 1. The molecule has 1 nitrogen and oxygen atoms in total. The van der Waals surface area contributed by atoms with Crippen molar-refractivity contribution >= 4 is 46.8 Å². The first-order chi connectivity index (χ1) is 16.4. The summed E-state index contributed by atoms with van der Waals surface area (Å²) >= 11 is 14.3. The van der Waals surface area contributed by atoms with E-state index >= 15 is 0 Å². The van der Waals surface area contributed by atoms with Gasteiger partial charge in [-0.3, -0.25) is 4.79 Å². The summed E-state index contributed by atoms with van der Waals surface area (Å²) < 4.78 is 0. The van der Waals surface area contributed by atoms with Gasteiger partial charge in [0.1, 0.15) is 0 Å². The van der Waals surface area contributed by atoms with Gasteiger partial charge in [-0.1, -0.05) is 95.2 Å². The third-order valence-corrected chi connectivity index (χ3v) is 8.15. The average molecular weight is 512 g/mol. The highest BCUT2D eigenvalue weighted by Gasteiger charge is 2.25. The van der Waals surface area contributed by atoms with Crippen molar-refractivity contribution in [1.29, 1.82) is 0 Å². The fourth-order valence-electron chi connectivity index (χ4n) is 3.92. The highest BCUT2D eigenvalue weighted by Crippen LogP contribution is 2.42. The van der Waals surface area contributed by atoms with Crippen LogP contribution in [0.1, 0.15) is 56.2 Å². The lowest BCUT2D eigenvalue weighted by Crippen LogP contribution is -2.03. The van der Waals surface area contributed by atoms with Crippen molar-refractivity contribution < 1.29 is 4.79 Å². The van der Waals surface area contributed by atoms with E-state index in [-0.39, 0.29) is 5.78 Å². The van der Waals surface area contributed by atoms with E-state index in [0.29, 0.717) is 22.4 Å². The first-order valence-electron chi connectivity index (χ1n) is 11.8. The Morgan fingerprint density at radius 2 is 1.85 bits per heavy atom. The number of carbonyl (C=O) groups is 1. The van der Waals surface area contributed by atoms with Crippen LogP contribution in [0.5, 0.6) is 0 Å². The van der Waals surface area contributed by atoms with Crippen LogP contribution in [0.25, 0.3) is 6.08 Å². The van der Waals surface area contributed by atoms with Crippen LogP contribution in [0.3, 0.4) is 0 Å². The molecule has 0 radical (unpaired) electrons. The van der Waals surface area contributed by atoms with Crippen molar-refractivity contribution in [1.82, 2.24) is 0 Å². The van der Waals surface area contributed by atoms with Crippen molar-refractivity contribution in [2.45, 2.75) is 52.9 Å². The predicted octanol–water partition coefficient (Wildman–Crippen LogP) is 9.78. The molecule has 3 rings (SSSR count). The highest BCUT2D eigenvalue weighted by molar-refractivity contribution is 8.07. The Balaban J connectivity index is 1.90. The molecular weight excluding hydrogens is 479 g/mol. The molecule has 1 aliphatic rings. The Labute approximate surface area is 218 Å². The summed E-state index contributed by atoms with van der Waals surface area (Å²) in [6, 6.07) is 14.2. The van der Waals surface area contributed by atoms with Gasteiger partial charge in [-0.2, -0.15) is 0 Å². The number of hydrogen-bond acceptors (Lipinski definition) is 2. The Morgan fingerprint density at radius 1 is 1.15 bits per heavy atom. The van der Waals surface area contributed by atoms with Gasteiger partial charge in [0.15, 0.2) is 5.78 Å². The Morgan fingerprint density at radius 3 is 2.53 bits per heavy atom. The second-order valence-corrected chi connectivity index (χ2v) is 10.7. The fourth-order valence-corrected chi connectivity index (χ4v) is 5.66. The molecule has 1 saturated heterocycles. The van der Waals surface area contributed by atoms with Crippen molar-refractivity contribution in [2.75, 3.05) is 0 Å². The van der Waals surface area contributed by atoms with Crippen molar-refractivity contribution in [3.63, 3.8) is 0 Å². The van der Waals surface area contributed by atoms with E-state index < -0.39 is 0 Å². The second kappa shape index (κ2) is 13.2. The summed E-state index contributed by atoms with van der Waals surface area (Å²) in [4.78, 5) is 15.1. The molecule has 1 aliphatic heterocycles. The van der Waals surface area contributed by atoms with Gasteiger partial charge in [0.2, 0.25) is 0 Å². The normalized spacial score (nSPS) is 19.9. The summed E-state index contributed by atoms with van der Waals surface area (Å²) in [5, 5.41) is 1.23. The molecule has 1 unspecified atom stereocenters. The van der Waals surface area contributed by atoms with E-state index in [9.17, 15) is 4.79 Å². The van der Waals surface area contributed by atoms with Crippen molar-refractivity contribution in [3.8, 4) is 0 Å². The Kier molecular flexibility index (Phi) is 10.3. The quantitative estimate of drug-likeness (QED) is 0.272. The van der Waals surface area contributed by atoms with Gasteiger partial charge in [0, 0.05) is 16.5 Å². The minimum atomic E-state index is 0.187. The number of benzene rings is 2. The summed E-state index contributed by atoms with van der Waals surface area (Å²) in [5.74, 6) is 0.551. The maximum absolute atomic E-state index is 13.1. The zero-order valence-corrected chi connectivity index (χ0v) is 22.4. The standard InChI is InChI=1S/C30H32Cl2OS/c1-4-5-9-21(2)12-14-25-15-16-28(33)30(20-24-18-26(31)22(3)27(32)19-24)34-29(25)17-13-23-10-7-6-8-11-23/h4-11,17-20,25H,12-16H2,1-3H3. The smallest absolute Gasteiger partial charge is 0.169 e. The lowest BCUT2D eigenvalue weighted by atomic mass is 9.93. The molecule has 0 aliphatic carbocycles. The van der Waals surface area contributed by atoms with Crippen LogP contribution in [0, 0.1) is 12.8 Å². The van der Waals surface area contributed by atoms with E-state index in [2.05, 4.69) is 55.5 Å². The Hall–Kier alpha value is -2.00. The summed E-state index contributed by atoms with van der Waals surface area (Å²) in [6.45, 7) is 6.11. The molecule has 4 heteroatoms. The molecule has 0 saturated carbocycles. The zero-order valence-electron chi connectivity index (χ0n) is 20.1. The van der Waals surface area contributed by atoms with Crippen LogP contribution in [0.2, 0.25) is 10.0 Å². The molecule has 0 amide bonds. The fraction of sp³-hybridized carbons (Fsp3) is 0.300. The van der Waals surface area contributed by atoms with Crippen LogP contribution in [0.4, 0.5) is 0 Å². The van der Waals surface area contributed by atoms with Gasteiger partial charge in [-0.15, -0.1) is 0 Å². The molecule has 1 heterocycles. The molecule has 2 aromatic carbocycles. The maximum Gasteiger partial charge on any atom is 0.169 e. The third kappa shape index (κ3) is 7.77. The van der Waals surface area contributed by atoms with E-state index in [1.54, 1.807) is 11.8 Å². The van der Waals surface area contributed by atoms with Crippen LogP contribution in [-0.4, -0.2) is 5.78 Å². The molecule has 1 fully saturated rings. The third-order valence-electron chi connectivity index (χ3n) is 6.07. The van der Waals surface area contributed by atoms with Crippen molar-refractivity contribution in [2.24, 2.45) is 5.92 Å². The molecule has 178 valence electrons. The van der Waals surface area contributed by atoms with Crippen LogP contribution in [-0.2, 0) is 11.2 Å². The van der Waals surface area contributed by atoms with Gasteiger partial charge in [-0.25, -0.2) is 0 Å². The van der Waals surface area contributed by atoms with E-state index in [1.165, 1.54) is 16.0 Å². The molecule has 34 heavy (non-hydrogen) atoms. The van der Waals surface area contributed by atoms with Gasteiger partial charge in [0.25, 0.3) is 0 Å². The van der Waals surface area contributed by atoms with Crippen LogP contribution >= 0.6 is 35.0 Å². The number of thioether (sulfide) groups is 1. The minimum absolute atomic E-state index is 0.187. The zero-order chi connectivity index (χ0) is 24.5. The van der Waals surface area contributed by atoms with Gasteiger partial charge < -0.3 is 0 Å². The van der Waals surface area contributed by atoms with Crippen LogP contribution < -0.4 is 0 Å². The summed E-state index contributed by atoms with van der Waals surface area (Å²) in [5.41, 5.74) is 4.36. The number of ketones is 1. The second-order valence-electron chi connectivity index (χ2n) is 8.75. The first kappa shape index (κ1) is 26.6. The Bertz CT molecular complexity index is 1100. The molecule has 2 aromatic rings. The van der Waals surface area contributed by atoms with E-state index in [1.807, 2.05) is 38.1 Å². The number of hydrogen-bond donors (Lipinski definition) is 0. The monoisotopic (exact) mass is 510 g/mol. The highest BCUT2D eigenvalue weighted by atomic mass is 35.5. The first-order valence-corrected chi connectivity index (χ1v) is 13.4. The molecule has 0 N–H and O–H groups in total. The largest absolute Gasteiger partial charge is 0.294 e. The molecular formula is C30H32Cl2OS. The molecule has 0 spiro atoms. The number of carbonyl (C=O) groups excluding carboxylic acids is 1. The van der Waals surface area contributed by atoms with E-state index in [4.69, 9.17) is 23.2 Å². The lowest BCUT2D eigenvalue weighted by Gasteiger charge is -2.17. The average Bonchev–Trinajstić information content (AvgIpc) is 2.97.